The van der Waals surface area contributed by atoms with Crippen molar-refractivity contribution in [3.63, 3.8) is 0 Å². The van der Waals surface area contributed by atoms with E-state index in [-0.39, 0.29) is 0 Å². The SMILES string of the molecule is COc1cc(Oc2cc(C)cc(N)c2)cc(C(N)=O)c1. The standard InChI is InChI=1S/C15H16N2O3/c1-9-3-11(16)7-13(4-9)20-14-6-10(15(17)18)5-12(8-14)19-2/h3-8H,16H2,1-2H3,(H2,17,18). The van der Waals surface area contributed by atoms with Gasteiger partial charge in [0, 0.05) is 23.4 Å². The van der Waals surface area contributed by atoms with Crippen LogP contribution in [0.1, 0.15) is 15.9 Å². The van der Waals surface area contributed by atoms with Crippen molar-refractivity contribution >= 4 is 11.6 Å². The molecule has 0 bridgehead atoms. The molecule has 2 rings (SSSR count). The van der Waals surface area contributed by atoms with Gasteiger partial charge in [-0.2, -0.15) is 0 Å². The number of nitrogen functional groups attached to an aromatic ring is 1. The Kier molecular flexibility index (Phi) is 3.79. The van der Waals surface area contributed by atoms with Crippen LogP contribution in [0.2, 0.25) is 0 Å². The fourth-order valence-corrected chi connectivity index (χ4v) is 1.86. The van der Waals surface area contributed by atoms with Crippen LogP contribution in [0.25, 0.3) is 0 Å². The summed E-state index contributed by atoms with van der Waals surface area (Å²) >= 11 is 0. The Morgan fingerprint density at radius 3 is 2.25 bits per heavy atom. The normalized spacial score (nSPS) is 10.1. The molecule has 0 spiro atoms. The minimum absolute atomic E-state index is 0.319. The molecule has 0 heterocycles. The Morgan fingerprint density at radius 2 is 1.65 bits per heavy atom. The maximum absolute atomic E-state index is 11.3. The first-order valence-corrected chi connectivity index (χ1v) is 6.02. The van der Waals surface area contributed by atoms with E-state index in [1.54, 1.807) is 24.3 Å². The highest BCUT2D eigenvalue weighted by Gasteiger charge is 2.08. The number of methoxy groups -OCH3 is 1. The third-order valence-corrected chi connectivity index (χ3v) is 2.71. The molecular weight excluding hydrogens is 256 g/mol. The summed E-state index contributed by atoms with van der Waals surface area (Å²) in [5, 5.41) is 0. The number of nitrogens with two attached hydrogens (primary N) is 2. The molecule has 0 aromatic heterocycles. The van der Waals surface area contributed by atoms with E-state index < -0.39 is 5.91 Å². The van der Waals surface area contributed by atoms with E-state index in [0.29, 0.717) is 28.5 Å². The molecule has 5 heteroatoms. The van der Waals surface area contributed by atoms with Gasteiger partial charge in [0.25, 0.3) is 0 Å². The smallest absolute Gasteiger partial charge is 0.248 e. The number of ether oxygens (including phenoxy) is 2. The van der Waals surface area contributed by atoms with Gasteiger partial charge in [-0.3, -0.25) is 4.79 Å². The van der Waals surface area contributed by atoms with Crippen molar-refractivity contribution in [2.75, 3.05) is 12.8 Å². The fraction of sp³-hybridized carbons (Fsp3) is 0.133. The zero-order chi connectivity index (χ0) is 14.7. The molecule has 0 aliphatic carbocycles. The molecule has 2 aromatic rings. The lowest BCUT2D eigenvalue weighted by atomic mass is 10.2. The number of hydrogen-bond donors (Lipinski definition) is 2. The summed E-state index contributed by atoms with van der Waals surface area (Å²) in [5.74, 6) is 1.00. The van der Waals surface area contributed by atoms with Gasteiger partial charge in [-0.15, -0.1) is 0 Å². The number of primary amides is 1. The average molecular weight is 272 g/mol. The Bertz CT molecular complexity index is 633. The first kappa shape index (κ1) is 13.7. The van der Waals surface area contributed by atoms with E-state index in [2.05, 4.69) is 0 Å². The average Bonchev–Trinajstić information content (AvgIpc) is 2.36. The number of amides is 1. The van der Waals surface area contributed by atoms with Crippen LogP contribution < -0.4 is 20.9 Å². The molecule has 2 aromatic carbocycles. The molecule has 0 atom stereocenters. The second-order valence-corrected chi connectivity index (χ2v) is 4.44. The Labute approximate surface area is 117 Å². The number of carbonyl (C=O) groups excluding carboxylic acids is 1. The van der Waals surface area contributed by atoms with E-state index in [1.165, 1.54) is 7.11 Å². The molecule has 20 heavy (non-hydrogen) atoms. The predicted octanol–water partition coefficient (Wildman–Crippen LogP) is 2.48. The van der Waals surface area contributed by atoms with Gasteiger partial charge in [0.2, 0.25) is 5.91 Å². The van der Waals surface area contributed by atoms with Crippen molar-refractivity contribution in [3.05, 3.63) is 47.5 Å². The van der Waals surface area contributed by atoms with Crippen molar-refractivity contribution in [1.82, 2.24) is 0 Å². The van der Waals surface area contributed by atoms with Crippen LogP contribution in [-0.4, -0.2) is 13.0 Å². The summed E-state index contributed by atoms with van der Waals surface area (Å²) < 4.78 is 10.8. The van der Waals surface area contributed by atoms with Crippen molar-refractivity contribution in [3.8, 4) is 17.2 Å². The van der Waals surface area contributed by atoms with E-state index in [0.717, 1.165) is 5.56 Å². The molecule has 0 saturated carbocycles. The molecule has 0 aliphatic rings. The molecule has 0 aliphatic heterocycles. The minimum Gasteiger partial charge on any atom is -0.497 e. The van der Waals surface area contributed by atoms with Crippen LogP contribution in [0.5, 0.6) is 17.2 Å². The topological polar surface area (TPSA) is 87.6 Å². The maximum Gasteiger partial charge on any atom is 0.248 e. The van der Waals surface area contributed by atoms with Gasteiger partial charge >= 0.3 is 0 Å². The summed E-state index contributed by atoms with van der Waals surface area (Å²) in [7, 11) is 1.51. The van der Waals surface area contributed by atoms with Crippen molar-refractivity contribution < 1.29 is 14.3 Å². The van der Waals surface area contributed by atoms with Crippen LogP contribution in [-0.2, 0) is 0 Å². The highest BCUT2D eigenvalue weighted by molar-refractivity contribution is 5.93. The molecule has 1 amide bonds. The van der Waals surface area contributed by atoms with Gasteiger partial charge in [-0.25, -0.2) is 0 Å². The van der Waals surface area contributed by atoms with Crippen LogP contribution in [0.3, 0.4) is 0 Å². The third kappa shape index (κ3) is 3.20. The summed E-state index contributed by atoms with van der Waals surface area (Å²) in [6.07, 6.45) is 0. The summed E-state index contributed by atoms with van der Waals surface area (Å²) in [4.78, 5) is 11.3. The fourth-order valence-electron chi connectivity index (χ4n) is 1.86. The van der Waals surface area contributed by atoms with Crippen molar-refractivity contribution in [2.45, 2.75) is 6.92 Å². The lowest BCUT2D eigenvalue weighted by Crippen LogP contribution is -2.11. The lowest BCUT2D eigenvalue weighted by molar-refractivity contribution is 0.0999. The highest BCUT2D eigenvalue weighted by atomic mass is 16.5. The first-order valence-electron chi connectivity index (χ1n) is 6.02. The van der Waals surface area contributed by atoms with Gasteiger partial charge in [0.1, 0.15) is 17.2 Å². The number of rotatable bonds is 4. The van der Waals surface area contributed by atoms with Gasteiger partial charge in [-0.1, -0.05) is 0 Å². The van der Waals surface area contributed by atoms with Crippen LogP contribution in [0, 0.1) is 6.92 Å². The maximum atomic E-state index is 11.3. The number of anilines is 1. The van der Waals surface area contributed by atoms with Gasteiger partial charge in [0.15, 0.2) is 0 Å². The largest absolute Gasteiger partial charge is 0.497 e. The Hall–Kier alpha value is -2.69. The Morgan fingerprint density at radius 1 is 1.00 bits per heavy atom. The minimum atomic E-state index is -0.544. The zero-order valence-electron chi connectivity index (χ0n) is 11.3. The van der Waals surface area contributed by atoms with Crippen molar-refractivity contribution in [2.24, 2.45) is 5.73 Å². The molecule has 0 unspecified atom stereocenters. The van der Waals surface area contributed by atoms with Gasteiger partial charge in [0.05, 0.1) is 7.11 Å². The predicted molar refractivity (Wildman–Crippen MR) is 77.2 cm³/mol. The quantitative estimate of drug-likeness (QED) is 0.837. The van der Waals surface area contributed by atoms with Crippen molar-refractivity contribution in [1.29, 1.82) is 0 Å². The number of hydrogen-bond acceptors (Lipinski definition) is 4. The molecule has 4 N–H and O–H groups in total. The lowest BCUT2D eigenvalue weighted by Gasteiger charge is -2.10. The summed E-state index contributed by atoms with van der Waals surface area (Å²) in [6.45, 7) is 1.92. The van der Waals surface area contributed by atoms with Gasteiger partial charge < -0.3 is 20.9 Å². The Balaban J connectivity index is 2.37. The first-order chi connectivity index (χ1) is 9.47. The monoisotopic (exact) mass is 272 g/mol. The summed E-state index contributed by atoms with van der Waals surface area (Å²) in [5.41, 5.74) is 13.0. The number of aryl methyl sites for hydroxylation is 1. The number of carbonyl (C=O) groups is 1. The van der Waals surface area contributed by atoms with E-state index in [4.69, 9.17) is 20.9 Å². The third-order valence-electron chi connectivity index (χ3n) is 2.71. The van der Waals surface area contributed by atoms with E-state index in [9.17, 15) is 4.79 Å². The van der Waals surface area contributed by atoms with Gasteiger partial charge in [-0.05, 0) is 36.8 Å². The number of benzene rings is 2. The molecular formula is C15H16N2O3. The molecule has 0 fully saturated rings. The summed E-state index contributed by atoms with van der Waals surface area (Å²) in [6, 6.07) is 10.2. The molecule has 0 radical (unpaired) electrons. The second-order valence-electron chi connectivity index (χ2n) is 4.44. The molecule has 104 valence electrons. The zero-order valence-corrected chi connectivity index (χ0v) is 11.3. The highest BCUT2D eigenvalue weighted by Crippen LogP contribution is 2.29. The van der Waals surface area contributed by atoms with E-state index >= 15 is 0 Å². The molecule has 0 saturated heterocycles. The van der Waals surface area contributed by atoms with Crippen LogP contribution in [0.15, 0.2) is 36.4 Å². The van der Waals surface area contributed by atoms with E-state index in [1.807, 2.05) is 19.1 Å². The molecule has 5 nitrogen and oxygen atoms in total. The van der Waals surface area contributed by atoms with Crippen LogP contribution >= 0.6 is 0 Å². The second kappa shape index (κ2) is 5.52. The van der Waals surface area contributed by atoms with Crippen LogP contribution in [0.4, 0.5) is 5.69 Å².